The number of halogens is 3. The van der Waals surface area contributed by atoms with Crippen LogP contribution in [0.5, 0.6) is 5.75 Å². The largest absolute Gasteiger partial charge is 0.483 e. The van der Waals surface area contributed by atoms with Crippen LogP contribution in [-0.4, -0.2) is 12.5 Å². The average Bonchev–Trinajstić information content (AvgIpc) is 2.67. The van der Waals surface area contributed by atoms with Crippen molar-refractivity contribution in [2.75, 3.05) is 17.2 Å². The molecule has 0 unspecified atom stereocenters. The van der Waals surface area contributed by atoms with E-state index in [9.17, 15) is 4.79 Å². The SMILES string of the molecule is O=C(COc1ccc(Br)cc1CNc1ccc(Cl)cc1Cl)Nc1ccccc1. The Balaban J connectivity index is 1.64. The molecule has 2 N–H and O–H groups in total. The minimum Gasteiger partial charge on any atom is -0.483 e. The molecule has 0 saturated carbocycles. The highest BCUT2D eigenvalue weighted by molar-refractivity contribution is 9.10. The molecule has 3 aromatic rings. The number of benzene rings is 3. The minimum absolute atomic E-state index is 0.0920. The molecule has 1 amide bonds. The first kappa shape index (κ1) is 20.5. The van der Waals surface area contributed by atoms with Gasteiger partial charge in [0.25, 0.3) is 5.91 Å². The molecule has 7 heteroatoms. The predicted octanol–water partition coefficient (Wildman–Crippen LogP) is 6.39. The Kier molecular flexibility index (Phi) is 7.20. The number of carbonyl (C=O) groups excluding carboxylic acids is 1. The monoisotopic (exact) mass is 478 g/mol. The zero-order chi connectivity index (χ0) is 19.9. The zero-order valence-corrected chi connectivity index (χ0v) is 17.8. The van der Waals surface area contributed by atoms with E-state index in [0.29, 0.717) is 22.3 Å². The summed E-state index contributed by atoms with van der Waals surface area (Å²) in [5, 5.41) is 7.16. The molecule has 3 rings (SSSR count). The molecule has 4 nitrogen and oxygen atoms in total. The van der Waals surface area contributed by atoms with Gasteiger partial charge in [0, 0.05) is 27.3 Å². The quantitative estimate of drug-likeness (QED) is 0.413. The Bertz CT molecular complexity index is 968. The average molecular weight is 480 g/mol. The Morgan fingerprint density at radius 2 is 1.79 bits per heavy atom. The van der Waals surface area contributed by atoms with E-state index in [1.54, 1.807) is 12.1 Å². The van der Waals surface area contributed by atoms with Crippen LogP contribution in [0.3, 0.4) is 0 Å². The topological polar surface area (TPSA) is 50.4 Å². The smallest absolute Gasteiger partial charge is 0.262 e. The molecule has 0 fully saturated rings. The summed E-state index contributed by atoms with van der Waals surface area (Å²) in [6.45, 7) is 0.377. The number of carbonyl (C=O) groups is 1. The van der Waals surface area contributed by atoms with Gasteiger partial charge >= 0.3 is 0 Å². The van der Waals surface area contributed by atoms with E-state index in [-0.39, 0.29) is 12.5 Å². The van der Waals surface area contributed by atoms with Crippen LogP contribution in [0.15, 0.2) is 71.2 Å². The molecule has 0 bridgehead atoms. The number of hydrogen-bond donors (Lipinski definition) is 2. The summed E-state index contributed by atoms with van der Waals surface area (Å²) in [4.78, 5) is 12.1. The number of nitrogens with one attached hydrogen (secondary N) is 2. The van der Waals surface area contributed by atoms with Crippen LogP contribution in [0.4, 0.5) is 11.4 Å². The first-order chi connectivity index (χ1) is 13.5. The summed E-state index contributed by atoms with van der Waals surface area (Å²) in [5.74, 6) is 0.387. The second-order valence-electron chi connectivity index (χ2n) is 5.93. The van der Waals surface area contributed by atoms with Gasteiger partial charge in [0.05, 0.1) is 10.7 Å². The molecular weight excluding hydrogens is 463 g/mol. The second kappa shape index (κ2) is 9.82. The van der Waals surface area contributed by atoms with Crippen LogP contribution in [0, 0.1) is 0 Å². The molecule has 0 heterocycles. The molecule has 3 aromatic carbocycles. The van der Waals surface area contributed by atoms with Crippen LogP contribution in [0.2, 0.25) is 10.0 Å². The lowest BCUT2D eigenvalue weighted by atomic mass is 10.2. The van der Waals surface area contributed by atoms with Gasteiger partial charge in [-0.3, -0.25) is 4.79 Å². The first-order valence-electron chi connectivity index (χ1n) is 8.46. The highest BCUT2D eigenvalue weighted by atomic mass is 79.9. The lowest BCUT2D eigenvalue weighted by molar-refractivity contribution is -0.118. The predicted molar refractivity (Wildman–Crippen MR) is 118 cm³/mol. The van der Waals surface area contributed by atoms with Crippen molar-refractivity contribution in [1.82, 2.24) is 0 Å². The summed E-state index contributed by atoms with van der Waals surface area (Å²) in [5.41, 5.74) is 2.37. The van der Waals surface area contributed by atoms with E-state index in [1.165, 1.54) is 0 Å². The number of amides is 1. The standard InChI is InChI=1S/C21H17BrCl2N2O2/c22-15-6-9-20(28-13-21(27)26-17-4-2-1-3-5-17)14(10-15)12-25-19-8-7-16(23)11-18(19)24/h1-11,25H,12-13H2,(H,26,27). The molecule has 0 aliphatic heterocycles. The number of anilines is 2. The van der Waals surface area contributed by atoms with Crippen molar-refractivity contribution < 1.29 is 9.53 Å². The summed E-state index contributed by atoms with van der Waals surface area (Å²) in [6.07, 6.45) is 0. The van der Waals surface area contributed by atoms with Crippen LogP contribution >= 0.6 is 39.1 Å². The third-order valence-corrected chi connectivity index (χ3v) is 4.88. The highest BCUT2D eigenvalue weighted by Gasteiger charge is 2.09. The molecule has 0 saturated heterocycles. The molecule has 0 aliphatic carbocycles. The fourth-order valence-corrected chi connectivity index (χ4v) is 3.40. The minimum atomic E-state index is -0.228. The third kappa shape index (κ3) is 5.89. The number of ether oxygens (including phenoxy) is 1. The van der Waals surface area contributed by atoms with Crippen molar-refractivity contribution >= 4 is 56.4 Å². The van der Waals surface area contributed by atoms with Crippen molar-refractivity contribution in [1.29, 1.82) is 0 Å². The van der Waals surface area contributed by atoms with E-state index in [4.69, 9.17) is 27.9 Å². The van der Waals surface area contributed by atoms with Crippen LogP contribution in [0.1, 0.15) is 5.56 Å². The lowest BCUT2D eigenvalue weighted by Crippen LogP contribution is -2.20. The molecule has 0 spiro atoms. The normalized spacial score (nSPS) is 10.4. The van der Waals surface area contributed by atoms with Crippen molar-refractivity contribution in [3.63, 3.8) is 0 Å². The maximum absolute atomic E-state index is 12.1. The van der Waals surface area contributed by atoms with Gasteiger partial charge in [-0.05, 0) is 48.5 Å². The molecule has 0 aromatic heterocycles. The van der Waals surface area contributed by atoms with Crippen molar-refractivity contribution in [3.8, 4) is 5.75 Å². The second-order valence-corrected chi connectivity index (χ2v) is 7.69. The molecule has 0 radical (unpaired) electrons. The van der Waals surface area contributed by atoms with Crippen LogP contribution in [-0.2, 0) is 11.3 Å². The van der Waals surface area contributed by atoms with Crippen molar-refractivity contribution in [3.05, 3.63) is 86.8 Å². The molecule has 0 atom stereocenters. The molecule has 28 heavy (non-hydrogen) atoms. The fraction of sp³-hybridized carbons (Fsp3) is 0.0952. The maximum Gasteiger partial charge on any atom is 0.262 e. The Labute approximate surface area is 181 Å². The zero-order valence-electron chi connectivity index (χ0n) is 14.7. The van der Waals surface area contributed by atoms with E-state index in [2.05, 4.69) is 26.6 Å². The summed E-state index contributed by atoms with van der Waals surface area (Å²) < 4.78 is 6.65. The van der Waals surface area contributed by atoms with Gasteiger partial charge in [-0.1, -0.05) is 57.3 Å². The van der Waals surface area contributed by atoms with Crippen molar-refractivity contribution in [2.45, 2.75) is 6.54 Å². The Morgan fingerprint density at radius 1 is 1.00 bits per heavy atom. The summed E-state index contributed by atoms with van der Waals surface area (Å²) >= 11 is 15.6. The van der Waals surface area contributed by atoms with E-state index < -0.39 is 0 Å². The van der Waals surface area contributed by atoms with Gasteiger partial charge in [0.1, 0.15) is 5.75 Å². The van der Waals surface area contributed by atoms with Crippen LogP contribution in [0.25, 0.3) is 0 Å². The summed E-state index contributed by atoms with van der Waals surface area (Å²) in [7, 11) is 0. The Morgan fingerprint density at radius 3 is 2.54 bits per heavy atom. The summed E-state index contributed by atoms with van der Waals surface area (Å²) in [6, 6.07) is 20.1. The first-order valence-corrected chi connectivity index (χ1v) is 10.0. The maximum atomic E-state index is 12.1. The van der Waals surface area contributed by atoms with Gasteiger partial charge in [0.15, 0.2) is 6.61 Å². The van der Waals surface area contributed by atoms with E-state index >= 15 is 0 Å². The van der Waals surface area contributed by atoms with E-state index in [1.807, 2.05) is 54.6 Å². The van der Waals surface area contributed by atoms with Gasteiger partial charge in [-0.25, -0.2) is 0 Å². The van der Waals surface area contributed by atoms with Gasteiger partial charge in [-0.2, -0.15) is 0 Å². The van der Waals surface area contributed by atoms with Crippen molar-refractivity contribution in [2.24, 2.45) is 0 Å². The molecular formula is C21H17BrCl2N2O2. The third-order valence-electron chi connectivity index (χ3n) is 3.84. The molecule has 144 valence electrons. The number of para-hydroxylation sites is 1. The van der Waals surface area contributed by atoms with E-state index in [0.717, 1.165) is 21.4 Å². The van der Waals surface area contributed by atoms with Gasteiger partial charge < -0.3 is 15.4 Å². The number of hydrogen-bond acceptors (Lipinski definition) is 3. The molecule has 0 aliphatic rings. The van der Waals surface area contributed by atoms with Gasteiger partial charge in [-0.15, -0.1) is 0 Å². The Hall–Kier alpha value is -2.21. The fourth-order valence-electron chi connectivity index (χ4n) is 2.51. The van der Waals surface area contributed by atoms with Gasteiger partial charge in [0.2, 0.25) is 0 Å². The number of rotatable bonds is 7. The highest BCUT2D eigenvalue weighted by Crippen LogP contribution is 2.28. The van der Waals surface area contributed by atoms with Crippen LogP contribution < -0.4 is 15.4 Å². The lowest BCUT2D eigenvalue weighted by Gasteiger charge is -2.14.